The lowest BCUT2D eigenvalue weighted by Crippen LogP contribution is -2.16. The highest BCUT2D eigenvalue weighted by molar-refractivity contribution is 8.13. The highest BCUT2D eigenvalue weighted by Crippen LogP contribution is 2.32. The van der Waals surface area contributed by atoms with Gasteiger partial charge >= 0.3 is 5.97 Å². The monoisotopic (exact) mass is 329 g/mol. The third kappa shape index (κ3) is 3.93. The molecular formula is C18H19NO3S. The van der Waals surface area contributed by atoms with Gasteiger partial charge in [-0.25, -0.2) is 4.79 Å². The van der Waals surface area contributed by atoms with Gasteiger partial charge in [0, 0.05) is 19.0 Å². The summed E-state index contributed by atoms with van der Waals surface area (Å²) in [4.78, 5) is 26.3. The van der Waals surface area contributed by atoms with Crippen LogP contribution in [-0.2, 0) is 4.74 Å². The summed E-state index contributed by atoms with van der Waals surface area (Å²) < 4.78 is 4.88. The van der Waals surface area contributed by atoms with Gasteiger partial charge < -0.3 is 9.64 Å². The highest BCUT2D eigenvalue weighted by atomic mass is 32.2. The molecule has 0 aliphatic heterocycles. The third-order valence-corrected chi connectivity index (χ3v) is 4.43. The summed E-state index contributed by atoms with van der Waals surface area (Å²) in [6, 6.07) is 13.2. The van der Waals surface area contributed by atoms with Gasteiger partial charge in [-0.05, 0) is 53.6 Å². The van der Waals surface area contributed by atoms with Crippen LogP contribution in [0.25, 0.3) is 11.1 Å². The first-order valence-corrected chi connectivity index (χ1v) is 7.93. The van der Waals surface area contributed by atoms with E-state index in [2.05, 4.69) is 0 Å². The summed E-state index contributed by atoms with van der Waals surface area (Å²) >= 11 is 1.13. The highest BCUT2D eigenvalue weighted by Gasteiger charge is 2.17. The average Bonchev–Trinajstić information content (AvgIpc) is 2.54. The standard InChI is InChI=1S/C18H19NO3S/c1-12-7-5-6-8-14(12)16-11-13(23-18(21)19(2)3)9-10-15(16)17(20)22-4/h5-11H,1-4H3. The van der Waals surface area contributed by atoms with Crippen molar-refractivity contribution >= 4 is 23.0 Å². The molecule has 0 unspecified atom stereocenters. The molecule has 0 atom stereocenters. The zero-order chi connectivity index (χ0) is 17.0. The molecule has 1 amide bonds. The Bertz CT molecular complexity index is 741. The van der Waals surface area contributed by atoms with Crippen molar-refractivity contribution in [3.63, 3.8) is 0 Å². The van der Waals surface area contributed by atoms with Crippen molar-refractivity contribution in [2.24, 2.45) is 0 Å². The zero-order valence-electron chi connectivity index (χ0n) is 13.6. The molecule has 0 radical (unpaired) electrons. The molecular weight excluding hydrogens is 310 g/mol. The molecule has 0 bridgehead atoms. The molecule has 5 heteroatoms. The van der Waals surface area contributed by atoms with Crippen LogP contribution in [0.15, 0.2) is 47.4 Å². The van der Waals surface area contributed by atoms with Gasteiger partial charge in [-0.2, -0.15) is 0 Å². The largest absolute Gasteiger partial charge is 0.465 e. The molecule has 120 valence electrons. The summed E-state index contributed by atoms with van der Waals surface area (Å²) in [5, 5.41) is -0.0634. The van der Waals surface area contributed by atoms with Crippen molar-refractivity contribution in [1.82, 2.24) is 4.90 Å². The molecule has 0 N–H and O–H groups in total. The fraction of sp³-hybridized carbons (Fsp3) is 0.222. The van der Waals surface area contributed by atoms with E-state index < -0.39 is 5.97 Å². The Morgan fingerprint density at radius 3 is 2.35 bits per heavy atom. The maximum Gasteiger partial charge on any atom is 0.338 e. The number of ether oxygens (including phenoxy) is 1. The molecule has 0 fully saturated rings. The molecule has 0 heterocycles. The van der Waals surface area contributed by atoms with Crippen LogP contribution in [0.1, 0.15) is 15.9 Å². The number of hydrogen-bond donors (Lipinski definition) is 0. The summed E-state index contributed by atoms with van der Waals surface area (Å²) in [6.45, 7) is 1.99. The summed E-state index contributed by atoms with van der Waals surface area (Å²) in [6.07, 6.45) is 0. The number of rotatable bonds is 3. The number of carbonyl (C=O) groups is 2. The molecule has 2 aromatic rings. The number of methoxy groups -OCH3 is 1. The molecule has 0 aromatic heterocycles. The van der Waals surface area contributed by atoms with Gasteiger partial charge in [0.1, 0.15) is 0 Å². The van der Waals surface area contributed by atoms with Gasteiger partial charge in [-0.15, -0.1) is 0 Å². The lowest BCUT2D eigenvalue weighted by molar-refractivity contribution is 0.0601. The van der Waals surface area contributed by atoms with Crippen LogP contribution >= 0.6 is 11.8 Å². The van der Waals surface area contributed by atoms with Crippen LogP contribution < -0.4 is 0 Å². The minimum Gasteiger partial charge on any atom is -0.465 e. The Balaban J connectivity index is 2.53. The van der Waals surface area contributed by atoms with Crippen LogP contribution in [0.3, 0.4) is 0 Å². The van der Waals surface area contributed by atoms with Crippen LogP contribution in [0.4, 0.5) is 4.79 Å². The van der Waals surface area contributed by atoms with Gasteiger partial charge in [0.15, 0.2) is 0 Å². The predicted octanol–water partition coefficient (Wildman–Crippen LogP) is 4.22. The summed E-state index contributed by atoms with van der Waals surface area (Å²) in [5.41, 5.74) is 3.27. The van der Waals surface area contributed by atoms with Crippen molar-refractivity contribution in [3.05, 3.63) is 53.6 Å². The molecule has 4 nitrogen and oxygen atoms in total. The van der Waals surface area contributed by atoms with Crippen molar-refractivity contribution in [1.29, 1.82) is 0 Å². The second kappa shape index (κ2) is 7.33. The number of hydrogen-bond acceptors (Lipinski definition) is 4. The van der Waals surface area contributed by atoms with E-state index in [9.17, 15) is 9.59 Å². The Morgan fingerprint density at radius 2 is 1.74 bits per heavy atom. The number of carbonyl (C=O) groups excluding carboxylic acids is 2. The van der Waals surface area contributed by atoms with Gasteiger partial charge in [-0.3, -0.25) is 4.79 Å². The fourth-order valence-electron chi connectivity index (χ4n) is 2.16. The van der Waals surface area contributed by atoms with E-state index in [1.807, 2.05) is 37.3 Å². The van der Waals surface area contributed by atoms with Gasteiger partial charge in [-0.1, -0.05) is 24.3 Å². The molecule has 0 aliphatic carbocycles. The second-order valence-corrected chi connectivity index (χ2v) is 6.30. The quantitative estimate of drug-likeness (QED) is 0.625. The Hall–Kier alpha value is -2.27. The Morgan fingerprint density at radius 1 is 1.04 bits per heavy atom. The first-order chi connectivity index (χ1) is 10.9. The first kappa shape index (κ1) is 17.1. The van der Waals surface area contributed by atoms with Crippen LogP contribution in [-0.4, -0.2) is 37.3 Å². The summed E-state index contributed by atoms with van der Waals surface area (Å²) in [5.74, 6) is -0.390. The predicted molar refractivity (Wildman–Crippen MR) is 92.9 cm³/mol. The molecule has 0 spiro atoms. The third-order valence-electron chi connectivity index (χ3n) is 3.40. The Kier molecular flexibility index (Phi) is 5.45. The number of aryl methyl sites for hydroxylation is 1. The van der Waals surface area contributed by atoms with E-state index in [4.69, 9.17) is 4.74 Å². The van der Waals surface area contributed by atoms with Crippen LogP contribution in [0, 0.1) is 6.92 Å². The zero-order valence-corrected chi connectivity index (χ0v) is 14.4. The van der Waals surface area contributed by atoms with Crippen LogP contribution in [0.5, 0.6) is 0 Å². The van der Waals surface area contributed by atoms with Crippen molar-refractivity contribution in [2.45, 2.75) is 11.8 Å². The van der Waals surface area contributed by atoms with Gasteiger partial charge in [0.05, 0.1) is 12.7 Å². The maximum absolute atomic E-state index is 12.1. The normalized spacial score (nSPS) is 10.3. The SMILES string of the molecule is COC(=O)c1ccc(SC(=O)N(C)C)cc1-c1ccccc1C. The molecule has 0 aliphatic rings. The van der Waals surface area contributed by atoms with E-state index in [0.29, 0.717) is 5.56 Å². The fourth-order valence-corrected chi connectivity index (χ4v) is 2.86. The van der Waals surface area contributed by atoms with E-state index in [0.717, 1.165) is 33.3 Å². The van der Waals surface area contributed by atoms with E-state index in [1.165, 1.54) is 12.0 Å². The minimum absolute atomic E-state index is 0.0634. The lowest BCUT2D eigenvalue weighted by Gasteiger charge is -2.14. The number of nitrogens with zero attached hydrogens (tertiary/aromatic N) is 1. The molecule has 23 heavy (non-hydrogen) atoms. The van der Waals surface area contributed by atoms with Gasteiger partial charge in [0.2, 0.25) is 0 Å². The van der Waals surface area contributed by atoms with E-state index in [1.54, 1.807) is 26.2 Å². The summed E-state index contributed by atoms with van der Waals surface area (Å²) in [7, 11) is 4.78. The second-order valence-electron chi connectivity index (χ2n) is 5.28. The minimum atomic E-state index is -0.390. The van der Waals surface area contributed by atoms with Crippen molar-refractivity contribution < 1.29 is 14.3 Å². The topological polar surface area (TPSA) is 46.6 Å². The van der Waals surface area contributed by atoms with E-state index in [-0.39, 0.29) is 5.24 Å². The van der Waals surface area contributed by atoms with Crippen molar-refractivity contribution in [2.75, 3.05) is 21.2 Å². The number of esters is 1. The van der Waals surface area contributed by atoms with Gasteiger partial charge in [0.25, 0.3) is 5.24 Å². The lowest BCUT2D eigenvalue weighted by atomic mass is 9.96. The van der Waals surface area contributed by atoms with Crippen LogP contribution in [0.2, 0.25) is 0 Å². The van der Waals surface area contributed by atoms with Crippen molar-refractivity contribution in [3.8, 4) is 11.1 Å². The molecule has 2 rings (SSSR count). The first-order valence-electron chi connectivity index (χ1n) is 7.11. The molecule has 2 aromatic carbocycles. The van der Waals surface area contributed by atoms with E-state index >= 15 is 0 Å². The Labute approximate surface area is 140 Å². The molecule has 0 saturated carbocycles. The number of amides is 1. The molecule has 0 saturated heterocycles. The number of benzene rings is 2. The maximum atomic E-state index is 12.1. The number of thioether (sulfide) groups is 1. The average molecular weight is 329 g/mol. The smallest absolute Gasteiger partial charge is 0.338 e.